The van der Waals surface area contributed by atoms with Crippen LogP contribution in [0.1, 0.15) is 15.9 Å². The third-order valence-electron chi connectivity index (χ3n) is 3.05. The lowest BCUT2D eigenvalue weighted by Crippen LogP contribution is -2.07. The molecule has 2 rings (SSSR count). The largest absolute Gasteiger partial charge is 0.494 e. The number of nitrogens with zero attached hydrogens (tertiary/aromatic N) is 1. The number of carbonyl (C=O) groups is 1. The molecule has 0 saturated carbocycles. The van der Waals surface area contributed by atoms with Crippen LogP contribution in [0.5, 0.6) is 5.75 Å². The maximum Gasteiger partial charge on any atom is 0.338 e. The molecule has 0 spiro atoms. The molecular formula is C15H13FN2O5. The first-order valence-corrected chi connectivity index (χ1v) is 6.46. The van der Waals surface area contributed by atoms with E-state index in [4.69, 9.17) is 15.2 Å². The molecule has 0 aliphatic rings. The van der Waals surface area contributed by atoms with E-state index in [0.717, 1.165) is 6.07 Å². The third-order valence-corrected chi connectivity index (χ3v) is 3.05. The quantitative estimate of drug-likeness (QED) is 0.393. The number of benzene rings is 2. The molecule has 0 fully saturated rings. The SMILES string of the molecule is COc1ccc(COC(=O)c2ccc(N)c([N+](=O)[O-])c2)cc1F. The molecule has 7 nitrogen and oxygen atoms in total. The van der Waals surface area contributed by atoms with Crippen molar-refractivity contribution in [3.8, 4) is 5.75 Å². The molecule has 2 N–H and O–H groups in total. The topological polar surface area (TPSA) is 105 Å². The van der Waals surface area contributed by atoms with Crippen molar-refractivity contribution in [2.75, 3.05) is 12.8 Å². The van der Waals surface area contributed by atoms with Gasteiger partial charge >= 0.3 is 5.97 Å². The maximum atomic E-state index is 13.5. The molecule has 0 aliphatic carbocycles. The number of ether oxygens (including phenoxy) is 2. The number of halogens is 1. The summed E-state index contributed by atoms with van der Waals surface area (Å²) in [5.41, 5.74) is 5.42. The Morgan fingerprint density at radius 2 is 2.04 bits per heavy atom. The second-order valence-corrected chi connectivity index (χ2v) is 4.58. The Morgan fingerprint density at radius 1 is 1.30 bits per heavy atom. The average Bonchev–Trinajstić information content (AvgIpc) is 2.52. The number of methoxy groups -OCH3 is 1. The summed E-state index contributed by atoms with van der Waals surface area (Å²) in [6, 6.07) is 7.73. The van der Waals surface area contributed by atoms with Crippen LogP contribution < -0.4 is 10.5 Å². The smallest absolute Gasteiger partial charge is 0.338 e. The Labute approximate surface area is 130 Å². The summed E-state index contributed by atoms with van der Waals surface area (Å²) in [7, 11) is 1.34. The molecule has 0 bridgehead atoms. The van der Waals surface area contributed by atoms with E-state index in [9.17, 15) is 19.3 Å². The van der Waals surface area contributed by atoms with Crippen molar-refractivity contribution < 1.29 is 23.6 Å². The zero-order chi connectivity index (χ0) is 17.0. The minimum Gasteiger partial charge on any atom is -0.494 e. The van der Waals surface area contributed by atoms with E-state index < -0.39 is 16.7 Å². The first kappa shape index (κ1) is 16.2. The van der Waals surface area contributed by atoms with Crippen molar-refractivity contribution in [2.45, 2.75) is 6.61 Å². The highest BCUT2D eigenvalue weighted by Crippen LogP contribution is 2.23. The van der Waals surface area contributed by atoms with Crippen molar-refractivity contribution in [2.24, 2.45) is 0 Å². The minimum absolute atomic E-state index is 0.0140. The lowest BCUT2D eigenvalue weighted by Gasteiger charge is -2.07. The van der Waals surface area contributed by atoms with Gasteiger partial charge in [-0.1, -0.05) is 6.07 Å². The molecule has 0 atom stereocenters. The molecule has 2 aromatic rings. The Morgan fingerprint density at radius 3 is 2.65 bits per heavy atom. The van der Waals surface area contributed by atoms with Crippen LogP contribution in [0.25, 0.3) is 0 Å². The highest BCUT2D eigenvalue weighted by molar-refractivity contribution is 5.91. The number of nitro groups is 1. The van der Waals surface area contributed by atoms with Crippen LogP contribution in [0, 0.1) is 15.9 Å². The van der Waals surface area contributed by atoms with Gasteiger partial charge in [-0.3, -0.25) is 10.1 Å². The summed E-state index contributed by atoms with van der Waals surface area (Å²) in [4.78, 5) is 22.0. The first-order valence-electron chi connectivity index (χ1n) is 6.46. The van der Waals surface area contributed by atoms with Gasteiger partial charge in [0.2, 0.25) is 0 Å². The number of nitro benzene ring substituents is 1. The Bertz CT molecular complexity index is 764. The number of anilines is 1. The van der Waals surface area contributed by atoms with Gasteiger partial charge in [-0.2, -0.15) is 0 Å². The monoisotopic (exact) mass is 320 g/mol. The lowest BCUT2D eigenvalue weighted by molar-refractivity contribution is -0.383. The molecule has 0 radical (unpaired) electrons. The summed E-state index contributed by atoms with van der Waals surface area (Å²) in [5.74, 6) is -1.28. The fraction of sp³-hybridized carbons (Fsp3) is 0.133. The summed E-state index contributed by atoms with van der Waals surface area (Å²) in [6.45, 7) is -0.183. The summed E-state index contributed by atoms with van der Waals surface area (Å²) >= 11 is 0. The lowest BCUT2D eigenvalue weighted by atomic mass is 10.1. The number of nitrogen functional groups attached to an aromatic ring is 1. The third kappa shape index (κ3) is 3.73. The van der Waals surface area contributed by atoms with Crippen molar-refractivity contribution >= 4 is 17.3 Å². The van der Waals surface area contributed by atoms with E-state index in [2.05, 4.69) is 0 Å². The van der Waals surface area contributed by atoms with Crippen molar-refractivity contribution in [3.05, 3.63) is 63.5 Å². The van der Waals surface area contributed by atoms with Gasteiger partial charge in [-0.05, 0) is 29.8 Å². The van der Waals surface area contributed by atoms with Gasteiger partial charge in [0.25, 0.3) is 5.69 Å². The van der Waals surface area contributed by atoms with Crippen LogP contribution in [-0.2, 0) is 11.3 Å². The Balaban J connectivity index is 2.09. The van der Waals surface area contributed by atoms with E-state index in [-0.39, 0.29) is 29.3 Å². The van der Waals surface area contributed by atoms with Crippen LogP contribution in [0.3, 0.4) is 0 Å². The number of hydrogen-bond acceptors (Lipinski definition) is 6. The van der Waals surface area contributed by atoms with E-state index in [0.29, 0.717) is 5.56 Å². The molecule has 0 aliphatic heterocycles. The van der Waals surface area contributed by atoms with Gasteiger partial charge in [-0.15, -0.1) is 0 Å². The molecule has 0 aromatic heterocycles. The number of hydrogen-bond donors (Lipinski definition) is 1. The fourth-order valence-electron chi connectivity index (χ4n) is 1.86. The molecule has 120 valence electrons. The van der Waals surface area contributed by atoms with Crippen LogP contribution >= 0.6 is 0 Å². The maximum absolute atomic E-state index is 13.5. The number of esters is 1. The number of nitrogens with two attached hydrogens (primary N) is 1. The van der Waals surface area contributed by atoms with Crippen LogP contribution in [0.2, 0.25) is 0 Å². The predicted octanol–water partition coefficient (Wildman–Crippen LogP) is 2.68. The van der Waals surface area contributed by atoms with Gasteiger partial charge in [0.1, 0.15) is 12.3 Å². The first-order chi connectivity index (χ1) is 10.9. The van der Waals surface area contributed by atoms with Crippen LogP contribution in [-0.4, -0.2) is 18.0 Å². The van der Waals surface area contributed by atoms with E-state index >= 15 is 0 Å². The van der Waals surface area contributed by atoms with Gasteiger partial charge in [-0.25, -0.2) is 9.18 Å². The number of rotatable bonds is 5. The van der Waals surface area contributed by atoms with Crippen molar-refractivity contribution in [1.82, 2.24) is 0 Å². The molecule has 0 heterocycles. The van der Waals surface area contributed by atoms with E-state index in [1.165, 1.54) is 31.4 Å². The number of carbonyl (C=O) groups excluding carboxylic acids is 1. The summed E-state index contributed by atoms with van der Waals surface area (Å²) < 4.78 is 23.3. The Hall–Kier alpha value is -3.16. The molecule has 2 aromatic carbocycles. The van der Waals surface area contributed by atoms with Crippen LogP contribution in [0.15, 0.2) is 36.4 Å². The standard InChI is InChI=1S/C15H13FN2O5/c1-22-14-5-2-9(6-11(14)16)8-23-15(19)10-3-4-12(17)13(7-10)18(20)21/h2-7H,8,17H2,1H3. The van der Waals surface area contributed by atoms with E-state index in [1.807, 2.05) is 0 Å². The molecule has 23 heavy (non-hydrogen) atoms. The van der Waals surface area contributed by atoms with Crippen molar-refractivity contribution in [3.63, 3.8) is 0 Å². The average molecular weight is 320 g/mol. The zero-order valence-corrected chi connectivity index (χ0v) is 12.1. The van der Waals surface area contributed by atoms with Gasteiger partial charge < -0.3 is 15.2 Å². The molecule has 0 saturated heterocycles. The summed E-state index contributed by atoms with van der Waals surface area (Å²) in [5, 5.41) is 10.8. The highest BCUT2D eigenvalue weighted by Gasteiger charge is 2.16. The minimum atomic E-state index is -0.774. The van der Waals surface area contributed by atoms with Crippen LogP contribution in [0.4, 0.5) is 15.8 Å². The van der Waals surface area contributed by atoms with Gasteiger partial charge in [0.15, 0.2) is 11.6 Å². The van der Waals surface area contributed by atoms with Crippen molar-refractivity contribution in [1.29, 1.82) is 0 Å². The Kier molecular flexibility index (Phi) is 4.75. The van der Waals surface area contributed by atoms with E-state index in [1.54, 1.807) is 6.07 Å². The molecule has 0 amide bonds. The highest BCUT2D eigenvalue weighted by atomic mass is 19.1. The van der Waals surface area contributed by atoms with Gasteiger partial charge in [0, 0.05) is 6.07 Å². The predicted molar refractivity (Wildman–Crippen MR) is 79.6 cm³/mol. The zero-order valence-electron chi connectivity index (χ0n) is 12.1. The molecule has 8 heteroatoms. The molecular weight excluding hydrogens is 307 g/mol. The second kappa shape index (κ2) is 6.73. The summed E-state index contributed by atoms with van der Waals surface area (Å²) in [6.07, 6.45) is 0. The van der Waals surface area contributed by atoms with Gasteiger partial charge in [0.05, 0.1) is 17.6 Å². The normalized spacial score (nSPS) is 10.2. The second-order valence-electron chi connectivity index (χ2n) is 4.58. The fourth-order valence-corrected chi connectivity index (χ4v) is 1.86. The molecule has 0 unspecified atom stereocenters.